The SMILES string of the molecule is Cc1nnc(Nc2ccccc2C(=O)O)[nH]c1=O. The number of carboxylic acid groups (broad SMARTS) is 1. The third-order valence-electron chi connectivity index (χ3n) is 2.27. The van der Waals surface area contributed by atoms with E-state index < -0.39 is 5.97 Å². The molecule has 2 aromatic rings. The summed E-state index contributed by atoms with van der Waals surface area (Å²) >= 11 is 0. The Bertz CT molecular complexity index is 651. The maximum atomic E-state index is 11.3. The van der Waals surface area contributed by atoms with Gasteiger partial charge in [-0.05, 0) is 19.1 Å². The summed E-state index contributed by atoms with van der Waals surface area (Å²) in [4.78, 5) is 24.8. The number of aryl methyl sites for hydroxylation is 1. The number of hydrogen-bond donors (Lipinski definition) is 3. The van der Waals surface area contributed by atoms with E-state index in [0.717, 1.165) is 0 Å². The largest absolute Gasteiger partial charge is 0.478 e. The van der Waals surface area contributed by atoms with E-state index in [2.05, 4.69) is 20.5 Å². The Balaban J connectivity index is 2.37. The predicted molar refractivity (Wildman–Crippen MR) is 64.1 cm³/mol. The van der Waals surface area contributed by atoms with Crippen molar-refractivity contribution >= 4 is 17.6 Å². The molecule has 7 heteroatoms. The number of anilines is 2. The normalized spacial score (nSPS) is 10.1. The van der Waals surface area contributed by atoms with E-state index in [-0.39, 0.29) is 22.8 Å². The summed E-state index contributed by atoms with van der Waals surface area (Å²) < 4.78 is 0. The highest BCUT2D eigenvalue weighted by Crippen LogP contribution is 2.17. The number of para-hydroxylation sites is 1. The summed E-state index contributed by atoms with van der Waals surface area (Å²) in [6.07, 6.45) is 0. The van der Waals surface area contributed by atoms with Gasteiger partial charge in [-0.1, -0.05) is 12.1 Å². The molecule has 1 aromatic heterocycles. The predicted octanol–water partition coefficient (Wildman–Crippen LogP) is 0.915. The molecule has 92 valence electrons. The fraction of sp³-hybridized carbons (Fsp3) is 0.0909. The second-order valence-electron chi connectivity index (χ2n) is 3.56. The lowest BCUT2D eigenvalue weighted by Crippen LogP contribution is -2.16. The lowest BCUT2D eigenvalue weighted by atomic mass is 10.2. The summed E-state index contributed by atoms with van der Waals surface area (Å²) in [5, 5.41) is 19.1. The molecule has 0 aliphatic carbocycles. The molecular formula is C11H10N4O3. The van der Waals surface area contributed by atoms with Crippen LogP contribution in [0.2, 0.25) is 0 Å². The molecule has 0 saturated heterocycles. The van der Waals surface area contributed by atoms with Crippen LogP contribution < -0.4 is 10.9 Å². The molecule has 0 saturated carbocycles. The maximum absolute atomic E-state index is 11.3. The van der Waals surface area contributed by atoms with E-state index >= 15 is 0 Å². The molecule has 0 atom stereocenters. The zero-order valence-corrected chi connectivity index (χ0v) is 9.47. The van der Waals surface area contributed by atoms with Crippen molar-refractivity contribution in [3.8, 4) is 0 Å². The Morgan fingerprint density at radius 2 is 2.06 bits per heavy atom. The summed E-state index contributed by atoms with van der Waals surface area (Å²) in [6, 6.07) is 6.31. The summed E-state index contributed by atoms with van der Waals surface area (Å²) in [5.74, 6) is -0.972. The van der Waals surface area contributed by atoms with Gasteiger partial charge in [-0.15, -0.1) is 10.2 Å². The zero-order chi connectivity index (χ0) is 13.1. The average molecular weight is 246 g/mol. The molecule has 0 unspecified atom stereocenters. The third-order valence-corrected chi connectivity index (χ3v) is 2.27. The fourth-order valence-electron chi connectivity index (χ4n) is 1.36. The van der Waals surface area contributed by atoms with Crippen LogP contribution in [0.25, 0.3) is 0 Å². The molecular weight excluding hydrogens is 236 g/mol. The number of carbonyl (C=O) groups is 1. The highest BCUT2D eigenvalue weighted by atomic mass is 16.4. The standard InChI is InChI=1S/C11H10N4O3/c1-6-9(16)13-11(15-14-6)12-8-5-3-2-4-7(8)10(17)18/h2-5H,1H3,(H,17,18)(H2,12,13,15,16). The molecule has 0 aliphatic heterocycles. The van der Waals surface area contributed by atoms with Gasteiger partial charge < -0.3 is 10.4 Å². The van der Waals surface area contributed by atoms with Crippen LogP contribution >= 0.6 is 0 Å². The van der Waals surface area contributed by atoms with Crippen LogP contribution in [0.5, 0.6) is 0 Å². The molecule has 0 amide bonds. The van der Waals surface area contributed by atoms with E-state index in [1.54, 1.807) is 18.2 Å². The number of aromatic amines is 1. The Morgan fingerprint density at radius 1 is 1.33 bits per heavy atom. The van der Waals surface area contributed by atoms with Crippen LogP contribution in [-0.2, 0) is 0 Å². The van der Waals surface area contributed by atoms with Crippen LogP contribution in [0, 0.1) is 6.92 Å². The second kappa shape index (κ2) is 4.66. The van der Waals surface area contributed by atoms with Crippen LogP contribution in [0.1, 0.15) is 16.1 Å². The molecule has 0 spiro atoms. The summed E-state index contributed by atoms with van der Waals surface area (Å²) in [6.45, 7) is 1.53. The van der Waals surface area contributed by atoms with Crippen molar-refractivity contribution in [3.63, 3.8) is 0 Å². The van der Waals surface area contributed by atoms with Gasteiger partial charge in [0.1, 0.15) is 5.69 Å². The Labute approximate surface area is 102 Å². The monoisotopic (exact) mass is 246 g/mol. The first-order chi connectivity index (χ1) is 8.58. The highest BCUT2D eigenvalue weighted by Gasteiger charge is 2.10. The number of hydrogen-bond acceptors (Lipinski definition) is 5. The van der Waals surface area contributed by atoms with E-state index in [4.69, 9.17) is 5.11 Å². The van der Waals surface area contributed by atoms with E-state index in [1.165, 1.54) is 13.0 Å². The molecule has 0 aliphatic rings. The molecule has 18 heavy (non-hydrogen) atoms. The first kappa shape index (κ1) is 11.8. The number of H-pyrrole nitrogens is 1. The zero-order valence-electron chi connectivity index (χ0n) is 9.47. The van der Waals surface area contributed by atoms with Crippen molar-refractivity contribution < 1.29 is 9.90 Å². The van der Waals surface area contributed by atoms with Crippen molar-refractivity contribution in [2.45, 2.75) is 6.92 Å². The first-order valence-electron chi connectivity index (χ1n) is 5.11. The van der Waals surface area contributed by atoms with Gasteiger partial charge in [-0.25, -0.2) is 4.79 Å². The van der Waals surface area contributed by atoms with Crippen molar-refractivity contribution in [2.24, 2.45) is 0 Å². The van der Waals surface area contributed by atoms with Gasteiger partial charge in [-0.3, -0.25) is 9.78 Å². The number of rotatable bonds is 3. The fourth-order valence-corrected chi connectivity index (χ4v) is 1.36. The van der Waals surface area contributed by atoms with Gasteiger partial charge in [-0.2, -0.15) is 0 Å². The number of aromatic carboxylic acids is 1. The molecule has 1 aromatic carbocycles. The van der Waals surface area contributed by atoms with Crippen molar-refractivity contribution in [3.05, 3.63) is 45.9 Å². The number of nitrogens with one attached hydrogen (secondary N) is 2. The van der Waals surface area contributed by atoms with E-state index in [9.17, 15) is 9.59 Å². The summed E-state index contributed by atoms with van der Waals surface area (Å²) in [7, 11) is 0. The molecule has 7 nitrogen and oxygen atoms in total. The Morgan fingerprint density at radius 3 is 2.72 bits per heavy atom. The van der Waals surface area contributed by atoms with Gasteiger partial charge >= 0.3 is 5.97 Å². The van der Waals surface area contributed by atoms with Gasteiger partial charge in [0.2, 0.25) is 5.95 Å². The Kier molecular flexibility index (Phi) is 3.05. The highest BCUT2D eigenvalue weighted by molar-refractivity contribution is 5.94. The lowest BCUT2D eigenvalue weighted by molar-refractivity contribution is 0.0698. The first-order valence-corrected chi connectivity index (χ1v) is 5.11. The van der Waals surface area contributed by atoms with E-state index in [1.807, 2.05) is 0 Å². The quantitative estimate of drug-likeness (QED) is 0.743. The van der Waals surface area contributed by atoms with Crippen molar-refractivity contribution in [1.29, 1.82) is 0 Å². The van der Waals surface area contributed by atoms with Gasteiger partial charge in [0.25, 0.3) is 5.56 Å². The average Bonchev–Trinajstić information content (AvgIpc) is 2.34. The smallest absolute Gasteiger partial charge is 0.337 e. The molecule has 2 rings (SSSR count). The van der Waals surface area contributed by atoms with Crippen LogP contribution in [0.4, 0.5) is 11.6 Å². The van der Waals surface area contributed by atoms with Gasteiger partial charge in [0.05, 0.1) is 11.3 Å². The molecule has 1 heterocycles. The minimum Gasteiger partial charge on any atom is -0.478 e. The van der Waals surface area contributed by atoms with Crippen molar-refractivity contribution in [2.75, 3.05) is 5.32 Å². The third kappa shape index (κ3) is 2.34. The molecule has 0 radical (unpaired) electrons. The summed E-state index contributed by atoms with van der Waals surface area (Å²) in [5.41, 5.74) is 0.284. The lowest BCUT2D eigenvalue weighted by Gasteiger charge is -2.07. The van der Waals surface area contributed by atoms with Crippen LogP contribution in [0.15, 0.2) is 29.1 Å². The number of carboxylic acids is 1. The molecule has 0 fully saturated rings. The van der Waals surface area contributed by atoms with Crippen LogP contribution in [-0.4, -0.2) is 26.3 Å². The van der Waals surface area contributed by atoms with E-state index in [0.29, 0.717) is 5.69 Å². The van der Waals surface area contributed by atoms with Crippen molar-refractivity contribution in [1.82, 2.24) is 15.2 Å². The number of nitrogens with zero attached hydrogens (tertiary/aromatic N) is 2. The number of benzene rings is 1. The second-order valence-corrected chi connectivity index (χ2v) is 3.56. The topological polar surface area (TPSA) is 108 Å². The Hall–Kier alpha value is -2.70. The molecule has 3 N–H and O–H groups in total. The van der Waals surface area contributed by atoms with Gasteiger partial charge in [0, 0.05) is 0 Å². The van der Waals surface area contributed by atoms with Gasteiger partial charge in [0.15, 0.2) is 0 Å². The minimum absolute atomic E-state index is 0.0840. The maximum Gasteiger partial charge on any atom is 0.337 e. The van der Waals surface area contributed by atoms with Crippen LogP contribution in [0.3, 0.4) is 0 Å². The minimum atomic E-state index is -1.07. The molecule has 0 bridgehead atoms. The number of aromatic nitrogens is 3.